The highest BCUT2D eigenvalue weighted by molar-refractivity contribution is 5.98. The van der Waals surface area contributed by atoms with Gasteiger partial charge in [-0.05, 0) is 23.1 Å². The number of benzene rings is 1. The lowest BCUT2D eigenvalue weighted by Crippen LogP contribution is -2.44. The second-order valence-electron chi connectivity index (χ2n) is 9.29. The standard InChI is InChI=1S/C22H28N4O3/c1-22(2,3)9-20(27)26-12-17-19(13-26)29-18-8-14(15-10-23-24(4)11-15)6-7-16(18)21(28)25(17)5/h6-8,10-11,17,19H,9,12-13H2,1-5H3. The van der Waals surface area contributed by atoms with Crippen LogP contribution in [-0.2, 0) is 11.8 Å². The molecule has 2 aliphatic heterocycles. The van der Waals surface area contributed by atoms with Crippen molar-refractivity contribution >= 4 is 11.8 Å². The van der Waals surface area contributed by atoms with Gasteiger partial charge in [-0.3, -0.25) is 14.3 Å². The summed E-state index contributed by atoms with van der Waals surface area (Å²) in [6, 6.07) is 5.49. The molecule has 154 valence electrons. The van der Waals surface area contributed by atoms with Crippen molar-refractivity contribution in [1.29, 1.82) is 0 Å². The first-order valence-electron chi connectivity index (χ1n) is 9.97. The third kappa shape index (κ3) is 3.73. The Labute approximate surface area is 171 Å². The lowest BCUT2D eigenvalue weighted by atomic mass is 9.92. The normalized spacial score (nSPS) is 21.5. The highest BCUT2D eigenvalue weighted by atomic mass is 16.5. The minimum atomic E-state index is -0.238. The molecule has 1 fully saturated rings. The number of carbonyl (C=O) groups excluding carboxylic acids is 2. The van der Waals surface area contributed by atoms with Crippen molar-refractivity contribution in [3.8, 4) is 16.9 Å². The molecule has 29 heavy (non-hydrogen) atoms. The largest absolute Gasteiger partial charge is 0.485 e. The van der Waals surface area contributed by atoms with Gasteiger partial charge in [-0.1, -0.05) is 26.8 Å². The number of likely N-dealkylation sites (tertiary alicyclic amines) is 1. The number of fused-ring (bicyclic) bond motifs is 2. The monoisotopic (exact) mass is 396 g/mol. The summed E-state index contributed by atoms with van der Waals surface area (Å²) in [5.74, 6) is 0.607. The second kappa shape index (κ2) is 6.90. The van der Waals surface area contributed by atoms with Gasteiger partial charge < -0.3 is 14.5 Å². The third-order valence-corrected chi connectivity index (χ3v) is 5.62. The predicted octanol–water partition coefficient (Wildman–Crippen LogP) is 2.57. The molecule has 2 aliphatic rings. The van der Waals surface area contributed by atoms with Gasteiger partial charge in [0.15, 0.2) is 0 Å². The summed E-state index contributed by atoms with van der Waals surface area (Å²) in [4.78, 5) is 29.3. The van der Waals surface area contributed by atoms with Crippen LogP contribution in [0.2, 0.25) is 0 Å². The first-order chi connectivity index (χ1) is 13.6. The molecule has 0 radical (unpaired) electrons. The van der Waals surface area contributed by atoms with Gasteiger partial charge in [0.05, 0.1) is 24.3 Å². The van der Waals surface area contributed by atoms with E-state index in [0.29, 0.717) is 30.8 Å². The van der Waals surface area contributed by atoms with Crippen molar-refractivity contribution < 1.29 is 14.3 Å². The molecule has 7 nitrogen and oxygen atoms in total. The van der Waals surface area contributed by atoms with Gasteiger partial charge in [0.1, 0.15) is 11.9 Å². The lowest BCUT2D eigenvalue weighted by molar-refractivity contribution is -0.132. The molecular weight excluding hydrogens is 368 g/mol. The SMILES string of the molecule is CN1C(=O)c2ccc(-c3cnn(C)c3)cc2OC2CN(C(=O)CC(C)(C)C)CC21. The molecule has 1 saturated heterocycles. The van der Waals surface area contributed by atoms with Crippen LogP contribution in [0, 0.1) is 5.41 Å². The molecule has 0 spiro atoms. The Bertz CT molecular complexity index is 959. The highest BCUT2D eigenvalue weighted by Crippen LogP contribution is 2.34. The van der Waals surface area contributed by atoms with E-state index in [1.807, 2.05) is 36.3 Å². The molecular formula is C22H28N4O3. The summed E-state index contributed by atoms with van der Waals surface area (Å²) >= 11 is 0. The molecule has 2 unspecified atom stereocenters. The minimum absolute atomic E-state index is 0.0737. The average molecular weight is 396 g/mol. The maximum absolute atomic E-state index is 13.1. The van der Waals surface area contributed by atoms with Crippen LogP contribution in [-0.4, -0.2) is 63.7 Å². The first kappa shape index (κ1) is 19.5. The fourth-order valence-electron chi connectivity index (χ4n) is 4.06. The summed E-state index contributed by atoms with van der Waals surface area (Å²) in [5, 5.41) is 4.22. The summed E-state index contributed by atoms with van der Waals surface area (Å²) in [5.41, 5.74) is 2.40. The Hall–Kier alpha value is -2.83. The maximum atomic E-state index is 13.1. The number of rotatable bonds is 2. The van der Waals surface area contributed by atoms with E-state index >= 15 is 0 Å². The van der Waals surface area contributed by atoms with E-state index in [2.05, 4.69) is 25.9 Å². The summed E-state index contributed by atoms with van der Waals surface area (Å²) in [6.45, 7) is 7.17. The van der Waals surface area contributed by atoms with Crippen LogP contribution in [0.1, 0.15) is 37.6 Å². The van der Waals surface area contributed by atoms with E-state index in [1.165, 1.54) is 0 Å². The number of hydrogen-bond acceptors (Lipinski definition) is 4. The van der Waals surface area contributed by atoms with Gasteiger partial charge in [0.25, 0.3) is 5.91 Å². The van der Waals surface area contributed by atoms with Gasteiger partial charge in [0.2, 0.25) is 5.91 Å². The Kier molecular flexibility index (Phi) is 4.63. The van der Waals surface area contributed by atoms with Crippen LogP contribution in [0.15, 0.2) is 30.6 Å². The van der Waals surface area contributed by atoms with Crippen LogP contribution < -0.4 is 4.74 Å². The van der Waals surface area contributed by atoms with Gasteiger partial charge >= 0.3 is 0 Å². The molecule has 2 atom stereocenters. The molecule has 2 amide bonds. The number of hydrogen-bond donors (Lipinski definition) is 0. The Morgan fingerprint density at radius 1 is 1.21 bits per heavy atom. The smallest absolute Gasteiger partial charge is 0.257 e. The number of amides is 2. The van der Waals surface area contributed by atoms with Crippen molar-refractivity contribution in [2.75, 3.05) is 20.1 Å². The molecule has 1 aromatic carbocycles. The quantitative estimate of drug-likeness (QED) is 0.783. The molecule has 0 N–H and O–H groups in total. The lowest BCUT2D eigenvalue weighted by Gasteiger charge is -2.25. The number of ether oxygens (including phenoxy) is 1. The fourth-order valence-corrected chi connectivity index (χ4v) is 4.06. The van der Waals surface area contributed by atoms with Crippen LogP contribution in [0.4, 0.5) is 0 Å². The fraction of sp³-hybridized carbons (Fsp3) is 0.500. The van der Waals surface area contributed by atoms with E-state index in [0.717, 1.165) is 11.1 Å². The minimum Gasteiger partial charge on any atom is -0.485 e. The molecule has 4 rings (SSSR count). The van der Waals surface area contributed by atoms with Gasteiger partial charge in [-0.2, -0.15) is 5.10 Å². The Morgan fingerprint density at radius 2 is 1.97 bits per heavy atom. The van der Waals surface area contributed by atoms with Crippen molar-refractivity contribution in [2.45, 2.75) is 39.3 Å². The van der Waals surface area contributed by atoms with Crippen LogP contribution in [0.5, 0.6) is 5.75 Å². The molecule has 2 aromatic rings. The number of aryl methyl sites for hydroxylation is 1. The van der Waals surface area contributed by atoms with Crippen LogP contribution >= 0.6 is 0 Å². The molecule has 3 heterocycles. The number of aromatic nitrogens is 2. The zero-order valence-corrected chi connectivity index (χ0v) is 17.7. The van der Waals surface area contributed by atoms with Gasteiger partial charge in [0, 0.05) is 38.8 Å². The highest BCUT2D eigenvalue weighted by Gasteiger charge is 2.44. The molecule has 7 heteroatoms. The van der Waals surface area contributed by atoms with E-state index in [4.69, 9.17) is 4.74 Å². The van der Waals surface area contributed by atoms with Crippen molar-refractivity contribution in [1.82, 2.24) is 19.6 Å². The van der Waals surface area contributed by atoms with Crippen molar-refractivity contribution in [3.63, 3.8) is 0 Å². The summed E-state index contributed by atoms with van der Waals surface area (Å²) in [6.07, 6.45) is 3.96. The molecule has 0 bridgehead atoms. The maximum Gasteiger partial charge on any atom is 0.257 e. The van der Waals surface area contributed by atoms with Gasteiger partial charge in [-0.15, -0.1) is 0 Å². The predicted molar refractivity (Wildman–Crippen MR) is 110 cm³/mol. The summed E-state index contributed by atoms with van der Waals surface area (Å²) < 4.78 is 8.06. The number of carbonyl (C=O) groups is 2. The molecule has 0 aliphatic carbocycles. The molecule has 0 saturated carbocycles. The zero-order valence-electron chi connectivity index (χ0n) is 17.7. The van der Waals surface area contributed by atoms with Crippen LogP contribution in [0.25, 0.3) is 11.1 Å². The average Bonchev–Trinajstić information content (AvgIpc) is 3.23. The van der Waals surface area contributed by atoms with Gasteiger partial charge in [-0.25, -0.2) is 0 Å². The van der Waals surface area contributed by atoms with E-state index in [9.17, 15) is 9.59 Å². The Morgan fingerprint density at radius 3 is 2.62 bits per heavy atom. The topological polar surface area (TPSA) is 67.7 Å². The first-order valence-corrected chi connectivity index (χ1v) is 9.97. The van der Waals surface area contributed by atoms with E-state index in [1.54, 1.807) is 22.8 Å². The Balaban J connectivity index is 1.62. The third-order valence-electron chi connectivity index (χ3n) is 5.62. The van der Waals surface area contributed by atoms with Crippen LogP contribution in [0.3, 0.4) is 0 Å². The molecule has 1 aromatic heterocycles. The second-order valence-corrected chi connectivity index (χ2v) is 9.29. The number of nitrogens with zero attached hydrogens (tertiary/aromatic N) is 4. The number of likely N-dealkylation sites (N-methyl/N-ethyl adjacent to an activating group) is 1. The zero-order chi connectivity index (χ0) is 20.9. The van der Waals surface area contributed by atoms with E-state index in [-0.39, 0.29) is 29.4 Å². The van der Waals surface area contributed by atoms with Crippen molar-refractivity contribution in [2.24, 2.45) is 12.5 Å². The van der Waals surface area contributed by atoms with Crippen molar-refractivity contribution in [3.05, 3.63) is 36.2 Å². The summed E-state index contributed by atoms with van der Waals surface area (Å²) in [7, 11) is 3.67. The van der Waals surface area contributed by atoms with E-state index < -0.39 is 0 Å².